The van der Waals surface area contributed by atoms with Crippen LogP contribution in [0.15, 0.2) is 39.9 Å². The Kier molecular flexibility index (Phi) is 2.42. The predicted octanol–water partition coefficient (Wildman–Crippen LogP) is 0.967. The molecule has 0 aliphatic carbocycles. The maximum Gasteiger partial charge on any atom is 0.332 e. The Balaban J connectivity index is 2.19. The summed E-state index contributed by atoms with van der Waals surface area (Å²) < 4.78 is 4.77. The topological polar surface area (TPSA) is 61.8 Å². The molecule has 1 aliphatic heterocycles. The number of rotatable bonds is 1. The summed E-state index contributed by atoms with van der Waals surface area (Å²) in [4.78, 5) is 29.1. The molecule has 0 spiro atoms. The summed E-state index contributed by atoms with van der Waals surface area (Å²) in [5.41, 5.74) is 1.37. The highest BCUT2D eigenvalue weighted by molar-refractivity contribution is 5.77. The third-order valence-corrected chi connectivity index (χ3v) is 4.02. The van der Waals surface area contributed by atoms with Crippen molar-refractivity contribution < 1.29 is 0 Å². The summed E-state index contributed by atoms with van der Waals surface area (Å²) in [5.74, 6) is 0.752. The van der Waals surface area contributed by atoms with E-state index in [9.17, 15) is 9.59 Å². The van der Waals surface area contributed by atoms with Gasteiger partial charge in [-0.1, -0.05) is 30.3 Å². The summed E-state index contributed by atoms with van der Waals surface area (Å²) in [6, 6.07) is 9.75. The van der Waals surface area contributed by atoms with Crippen molar-refractivity contribution in [3.63, 3.8) is 0 Å². The largest absolute Gasteiger partial charge is 0.332 e. The molecule has 1 aliphatic rings. The van der Waals surface area contributed by atoms with E-state index in [2.05, 4.69) is 4.98 Å². The van der Waals surface area contributed by atoms with Crippen LogP contribution in [0.2, 0.25) is 0 Å². The number of benzene rings is 1. The molecule has 0 radical (unpaired) electrons. The van der Waals surface area contributed by atoms with E-state index in [-0.39, 0.29) is 11.2 Å². The first-order valence-corrected chi connectivity index (χ1v) is 6.94. The Morgan fingerprint density at radius 3 is 2.52 bits per heavy atom. The minimum absolute atomic E-state index is 0.270. The Morgan fingerprint density at radius 2 is 1.76 bits per heavy atom. The maximum absolute atomic E-state index is 12.3. The van der Waals surface area contributed by atoms with Gasteiger partial charge in [-0.3, -0.25) is 13.9 Å². The normalized spacial score (nSPS) is 13.8. The van der Waals surface area contributed by atoms with E-state index >= 15 is 0 Å². The van der Waals surface area contributed by atoms with E-state index < -0.39 is 0 Å². The molecule has 21 heavy (non-hydrogen) atoms. The molecule has 0 amide bonds. The molecule has 3 heterocycles. The first-order chi connectivity index (χ1) is 10.2. The molecule has 0 saturated carbocycles. The number of imidazole rings is 1. The third kappa shape index (κ3) is 1.55. The lowest BCUT2D eigenvalue weighted by Gasteiger charge is -2.18. The van der Waals surface area contributed by atoms with Gasteiger partial charge in [-0.15, -0.1) is 0 Å². The fourth-order valence-corrected chi connectivity index (χ4v) is 2.99. The molecule has 0 atom stereocenters. The van der Waals surface area contributed by atoms with E-state index in [1.165, 1.54) is 7.05 Å². The van der Waals surface area contributed by atoms with E-state index in [4.69, 9.17) is 0 Å². The zero-order valence-corrected chi connectivity index (χ0v) is 11.6. The SMILES string of the molecule is Cn1c(=O)c2nc(-c3ccccc3)n3c2n(c1=O)CCC3. The van der Waals surface area contributed by atoms with Crippen molar-refractivity contribution >= 4 is 11.2 Å². The molecule has 0 N–H and O–H groups in total. The molecule has 0 bridgehead atoms. The van der Waals surface area contributed by atoms with Crippen LogP contribution in [0.25, 0.3) is 22.6 Å². The van der Waals surface area contributed by atoms with Crippen molar-refractivity contribution in [1.82, 2.24) is 18.7 Å². The van der Waals surface area contributed by atoms with Gasteiger partial charge in [0, 0.05) is 25.7 Å². The molecular weight excluding hydrogens is 268 g/mol. The molecule has 3 aromatic rings. The lowest BCUT2D eigenvalue weighted by atomic mass is 10.2. The summed E-state index contributed by atoms with van der Waals surface area (Å²) in [6.07, 6.45) is 0.858. The van der Waals surface area contributed by atoms with Crippen LogP contribution in [-0.2, 0) is 20.1 Å². The predicted molar refractivity (Wildman–Crippen MR) is 79.3 cm³/mol. The smallest absolute Gasteiger partial charge is 0.310 e. The monoisotopic (exact) mass is 282 g/mol. The van der Waals surface area contributed by atoms with Crippen molar-refractivity contribution in [2.45, 2.75) is 19.5 Å². The van der Waals surface area contributed by atoms with E-state index in [0.29, 0.717) is 17.7 Å². The van der Waals surface area contributed by atoms with Crippen LogP contribution in [0.5, 0.6) is 0 Å². The van der Waals surface area contributed by atoms with Crippen LogP contribution < -0.4 is 11.2 Å². The molecule has 0 unspecified atom stereocenters. The minimum atomic E-state index is -0.330. The Labute approximate surface area is 119 Å². The molecule has 6 nitrogen and oxygen atoms in total. The number of hydrogen-bond donors (Lipinski definition) is 0. The van der Waals surface area contributed by atoms with Crippen LogP contribution in [0.1, 0.15) is 6.42 Å². The van der Waals surface area contributed by atoms with Crippen LogP contribution in [0.3, 0.4) is 0 Å². The zero-order chi connectivity index (χ0) is 14.6. The van der Waals surface area contributed by atoms with Crippen molar-refractivity contribution in [2.75, 3.05) is 0 Å². The Hall–Kier alpha value is -2.63. The standard InChI is InChI=1S/C15H14N4O2/c1-17-14(20)11-13-18(8-5-9-19(13)15(17)21)12(16-11)10-6-3-2-4-7-10/h2-4,6-7H,5,8-9H2,1H3. The molecule has 4 rings (SSSR count). The van der Waals surface area contributed by atoms with Crippen molar-refractivity contribution in [3.05, 3.63) is 51.2 Å². The molecule has 106 valence electrons. The second-order valence-corrected chi connectivity index (χ2v) is 5.28. The third-order valence-electron chi connectivity index (χ3n) is 4.02. The second-order valence-electron chi connectivity index (χ2n) is 5.28. The lowest BCUT2D eigenvalue weighted by molar-refractivity contribution is 0.500. The Bertz CT molecular complexity index is 963. The molecular formula is C15H14N4O2. The molecule has 2 aromatic heterocycles. The van der Waals surface area contributed by atoms with Gasteiger partial charge < -0.3 is 4.57 Å². The number of aromatic nitrogens is 4. The molecule has 1 aromatic carbocycles. The first-order valence-electron chi connectivity index (χ1n) is 6.94. The van der Waals surface area contributed by atoms with E-state index in [0.717, 1.165) is 28.9 Å². The highest BCUT2D eigenvalue weighted by Gasteiger charge is 2.23. The fraction of sp³-hybridized carbons (Fsp3) is 0.267. The van der Waals surface area contributed by atoms with Gasteiger partial charge in [0.2, 0.25) is 0 Å². The summed E-state index contributed by atoms with van der Waals surface area (Å²) in [6.45, 7) is 1.40. The highest BCUT2D eigenvalue weighted by atomic mass is 16.2. The van der Waals surface area contributed by atoms with Gasteiger partial charge >= 0.3 is 5.69 Å². The molecule has 0 fully saturated rings. The highest BCUT2D eigenvalue weighted by Crippen LogP contribution is 2.25. The van der Waals surface area contributed by atoms with Gasteiger partial charge in [-0.2, -0.15) is 0 Å². The lowest BCUT2D eigenvalue weighted by Crippen LogP contribution is -2.40. The molecule has 0 saturated heterocycles. The summed E-state index contributed by atoms with van der Waals surface area (Å²) in [5, 5.41) is 0. The van der Waals surface area contributed by atoms with E-state index in [1.54, 1.807) is 4.57 Å². The second kappa shape index (κ2) is 4.18. The van der Waals surface area contributed by atoms with Gasteiger partial charge in [0.1, 0.15) is 5.82 Å². The molecule has 6 heteroatoms. The van der Waals surface area contributed by atoms with Crippen LogP contribution >= 0.6 is 0 Å². The summed E-state index contributed by atoms with van der Waals surface area (Å²) >= 11 is 0. The van der Waals surface area contributed by atoms with Crippen LogP contribution in [0.4, 0.5) is 0 Å². The number of nitrogens with zero attached hydrogens (tertiary/aromatic N) is 4. The van der Waals surface area contributed by atoms with Gasteiger partial charge in [0.25, 0.3) is 5.56 Å². The van der Waals surface area contributed by atoms with Gasteiger partial charge in [-0.05, 0) is 6.42 Å². The quantitative estimate of drug-likeness (QED) is 0.668. The summed E-state index contributed by atoms with van der Waals surface area (Å²) in [7, 11) is 1.50. The fourth-order valence-electron chi connectivity index (χ4n) is 2.99. The average molecular weight is 282 g/mol. The average Bonchev–Trinajstić information content (AvgIpc) is 2.92. The first kappa shape index (κ1) is 12.1. The van der Waals surface area contributed by atoms with Crippen LogP contribution in [0, 0.1) is 0 Å². The van der Waals surface area contributed by atoms with E-state index in [1.807, 2.05) is 34.9 Å². The minimum Gasteiger partial charge on any atom is -0.310 e. The van der Waals surface area contributed by atoms with Crippen molar-refractivity contribution in [3.8, 4) is 11.4 Å². The number of hydrogen-bond acceptors (Lipinski definition) is 3. The Morgan fingerprint density at radius 1 is 1.05 bits per heavy atom. The number of aryl methyl sites for hydroxylation is 2. The van der Waals surface area contributed by atoms with Gasteiger partial charge in [0.15, 0.2) is 11.2 Å². The maximum atomic E-state index is 12.3. The van der Waals surface area contributed by atoms with Crippen molar-refractivity contribution in [2.24, 2.45) is 7.05 Å². The zero-order valence-electron chi connectivity index (χ0n) is 11.6. The van der Waals surface area contributed by atoms with Gasteiger partial charge in [-0.25, -0.2) is 9.78 Å². The van der Waals surface area contributed by atoms with Gasteiger partial charge in [0.05, 0.1) is 0 Å². The van der Waals surface area contributed by atoms with Crippen LogP contribution in [-0.4, -0.2) is 18.7 Å². The van der Waals surface area contributed by atoms with Crippen molar-refractivity contribution in [1.29, 1.82) is 0 Å².